The lowest BCUT2D eigenvalue weighted by Gasteiger charge is -2.04. The molecule has 24 heavy (non-hydrogen) atoms. The van der Waals surface area contributed by atoms with E-state index in [0.717, 1.165) is 5.39 Å². The highest BCUT2D eigenvalue weighted by Crippen LogP contribution is 2.30. The molecule has 4 heterocycles. The highest BCUT2D eigenvalue weighted by Gasteiger charge is 2.14. The Bertz CT molecular complexity index is 1060. The zero-order chi connectivity index (χ0) is 16.5. The van der Waals surface area contributed by atoms with Crippen LogP contribution in [0.4, 0.5) is 5.82 Å². The van der Waals surface area contributed by atoms with Gasteiger partial charge in [0.2, 0.25) is 0 Å². The molecule has 8 nitrogen and oxygen atoms in total. The van der Waals surface area contributed by atoms with Crippen molar-refractivity contribution in [3.63, 3.8) is 0 Å². The molecule has 8 heteroatoms. The molecular weight excluding hydrogens is 310 g/mol. The zero-order valence-electron chi connectivity index (χ0n) is 12.7. The summed E-state index contributed by atoms with van der Waals surface area (Å²) in [6, 6.07) is 6.71. The van der Waals surface area contributed by atoms with Crippen molar-refractivity contribution >= 4 is 22.4 Å². The molecule has 0 spiro atoms. The topological polar surface area (TPSA) is 108 Å². The maximum Gasteiger partial charge on any atom is 0.263 e. The van der Waals surface area contributed by atoms with Crippen molar-refractivity contribution in [1.82, 2.24) is 19.6 Å². The Kier molecular flexibility index (Phi) is 3.51. The van der Waals surface area contributed by atoms with E-state index in [9.17, 15) is 4.79 Å². The summed E-state index contributed by atoms with van der Waals surface area (Å²) in [5.41, 5.74) is 1.75. The van der Waals surface area contributed by atoms with Gasteiger partial charge in [0, 0.05) is 25.4 Å². The molecule has 4 aromatic heterocycles. The maximum atomic E-state index is 11.6. The monoisotopic (exact) mass is 325 g/mol. The first-order valence-electron chi connectivity index (χ1n) is 7.57. The predicted molar refractivity (Wildman–Crippen MR) is 89.0 cm³/mol. The fourth-order valence-corrected chi connectivity index (χ4v) is 2.59. The van der Waals surface area contributed by atoms with Crippen molar-refractivity contribution in [2.75, 3.05) is 18.5 Å². The lowest BCUT2D eigenvalue weighted by atomic mass is 10.2. The number of H-pyrrole nitrogens is 1. The summed E-state index contributed by atoms with van der Waals surface area (Å²) in [6.07, 6.45) is 3.94. The molecule has 122 valence electrons. The SMILES string of the molecule is O=c1ccc2ncc(-c3cc4c(NCCCO)nccc4o3)n2[nH]1. The van der Waals surface area contributed by atoms with Crippen LogP contribution in [0.25, 0.3) is 28.1 Å². The normalized spacial score (nSPS) is 11.4. The van der Waals surface area contributed by atoms with E-state index in [1.807, 2.05) is 6.07 Å². The minimum atomic E-state index is -0.217. The van der Waals surface area contributed by atoms with Crippen LogP contribution in [-0.4, -0.2) is 37.8 Å². The van der Waals surface area contributed by atoms with Crippen LogP contribution in [-0.2, 0) is 0 Å². The second kappa shape index (κ2) is 5.82. The van der Waals surface area contributed by atoms with Gasteiger partial charge in [0.05, 0.1) is 11.6 Å². The Morgan fingerprint density at radius 3 is 3.08 bits per heavy atom. The van der Waals surface area contributed by atoms with Crippen LogP contribution in [0.3, 0.4) is 0 Å². The van der Waals surface area contributed by atoms with Crippen LogP contribution in [0.15, 0.2) is 45.9 Å². The number of nitrogens with zero attached hydrogens (tertiary/aromatic N) is 3. The average molecular weight is 325 g/mol. The van der Waals surface area contributed by atoms with Gasteiger partial charge in [-0.2, -0.15) is 0 Å². The van der Waals surface area contributed by atoms with Gasteiger partial charge < -0.3 is 14.8 Å². The van der Waals surface area contributed by atoms with Crippen LogP contribution in [0.2, 0.25) is 0 Å². The minimum Gasteiger partial charge on any atom is -0.454 e. The molecule has 0 fully saturated rings. The van der Waals surface area contributed by atoms with Gasteiger partial charge in [-0.1, -0.05) is 0 Å². The van der Waals surface area contributed by atoms with Crippen LogP contribution in [0.5, 0.6) is 0 Å². The highest BCUT2D eigenvalue weighted by molar-refractivity contribution is 5.91. The first-order valence-corrected chi connectivity index (χ1v) is 7.57. The van der Waals surface area contributed by atoms with Gasteiger partial charge >= 0.3 is 0 Å². The lowest BCUT2D eigenvalue weighted by Crippen LogP contribution is -2.09. The van der Waals surface area contributed by atoms with E-state index in [1.54, 1.807) is 29.0 Å². The number of rotatable bonds is 5. The van der Waals surface area contributed by atoms with E-state index in [2.05, 4.69) is 20.4 Å². The molecule has 3 N–H and O–H groups in total. The van der Waals surface area contributed by atoms with Crippen molar-refractivity contribution in [3.8, 4) is 11.5 Å². The molecule has 0 radical (unpaired) electrons. The number of aliphatic hydroxyl groups excluding tert-OH is 1. The van der Waals surface area contributed by atoms with Crippen molar-refractivity contribution in [1.29, 1.82) is 0 Å². The summed E-state index contributed by atoms with van der Waals surface area (Å²) in [5, 5.41) is 15.6. The molecule has 0 unspecified atom stereocenters. The summed E-state index contributed by atoms with van der Waals surface area (Å²) in [4.78, 5) is 20.1. The van der Waals surface area contributed by atoms with Crippen molar-refractivity contribution in [2.45, 2.75) is 6.42 Å². The predicted octanol–water partition coefficient (Wildman–Crippen LogP) is 1.63. The van der Waals surface area contributed by atoms with E-state index in [-0.39, 0.29) is 12.2 Å². The largest absolute Gasteiger partial charge is 0.454 e. The molecule has 0 aromatic carbocycles. The molecule has 0 aliphatic heterocycles. The Hall–Kier alpha value is -3.13. The maximum absolute atomic E-state index is 11.6. The zero-order valence-corrected chi connectivity index (χ0v) is 12.7. The molecule has 0 atom stereocenters. The summed E-state index contributed by atoms with van der Waals surface area (Å²) in [5.74, 6) is 1.27. The summed E-state index contributed by atoms with van der Waals surface area (Å²) in [7, 11) is 0. The van der Waals surface area contributed by atoms with E-state index in [1.165, 1.54) is 6.07 Å². The number of furan rings is 1. The van der Waals surface area contributed by atoms with Gasteiger partial charge in [-0.05, 0) is 24.6 Å². The van der Waals surface area contributed by atoms with Gasteiger partial charge in [0.1, 0.15) is 17.1 Å². The number of hydrogen-bond acceptors (Lipinski definition) is 6. The number of anilines is 1. The third-order valence-electron chi connectivity index (χ3n) is 3.72. The Balaban J connectivity index is 1.81. The summed E-state index contributed by atoms with van der Waals surface area (Å²) < 4.78 is 7.48. The van der Waals surface area contributed by atoms with E-state index >= 15 is 0 Å². The van der Waals surface area contributed by atoms with Crippen LogP contribution in [0.1, 0.15) is 6.42 Å². The third-order valence-corrected chi connectivity index (χ3v) is 3.72. The van der Waals surface area contributed by atoms with Crippen molar-refractivity contribution < 1.29 is 9.52 Å². The molecule has 4 aromatic rings. The van der Waals surface area contributed by atoms with Gasteiger partial charge in [0.25, 0.3) is 5.56 Å². The van der Waals surface area contributed by atoms with E-state index in [0.29, 0.717) is 41.5 Å². The summed E-state index contributed by atoms with van der Waals surface area (Å²) in [6.45, 7) is 0.737. The van der Waals surface area contributed by atoms with Crippen LogP contribution >= 0.6 is 0 Å². The minimum absolute atomic E-state index is 0.120. The Labute approximate surface area is 135 Å². The molecule has 0 amide bonds. The number of aliphatic hydroxyl groups is 1. The first-order chi connectivity index (χ1) is 11.8. The van der Waals surface area contributed by atoms with Gasteiger partial charge in [-0.3, -0.25) is 9.89 Å². The van der Waals surface area contributed by atoms with Gasteiger partial charge in [-0.15, -0.1) is 0 Å². The second-order valence-electron chi connectivity index (χ2n) is 5.33. The molecule has 0 saturated carbocycles. The molecule has 0 saturated heterocycles. The fourth-order valence-electron chi connectivity index (χ4n) is 2.59. The van der Waals surface area contributed by atoms with E-state index < -0.39 is 0 Å². The Morgan fingerprint density at radius 2 is 2.21 bits per heavy atom. The lowest BCUT2D eigenvalue weighted by molar-refractivity contribution is 0.292. The highest BCUT2D eigenvalue weighted by atomic mass is 16.3. The first kappa shape index (κ1) is 14.5. The molecular formula is C16H15N5O3. The standard InChI is InChI=1S/C16H15N5O3/c22-7-1-5-17-16-10-8-13(24-12(10)4-6-18-16)11-9-19-14-2-3-15(23)20-21(11)14/h2-4,6,8-9,22H,1,5,7H2,(H,17,18)(H,20,23). The van der Waals surface area contributed by atoms with Crippen LogP contribution in [0, 0.1) is 0 Å². The third kappa shape index (κ3) is 2.42. The number of hydrogen-bond donors (Lipinski definition) is 3. The van der Waals surface area contributed by atoms with Crippen LogP contribution < -0.4 is 10.9 Å². The number of aromatic amines is 1. The smallest absolute Gasteiger partial charge is 0.263 e. The van der Waals surface area contributed by atoms with Crippen molar-refractivity contribution in [3.05, 3.63) is 47.0 Å². The second-order valence-corrected chi connectivity index (χ2v) is 5.33. The fraction of sp³-hybridized carbons (Fsp3) is 0.188. The quantitative estimate of drug-likeness (QED) is 0.481. The molecule has 4 rings (SSSR count). The molecule has 0 aliphatic rings. The van der Waals surface area contributed by atoms with Gasteiger partial charge in [0.15, 0.2) is 11.4 Å². The Morgan fingerprint density at radius 1 is 1.29 bits per heavy atom. The van der Waals surface area contributed by atoms with Gasteiger partial charge in [-0.25, -0.2) is 14.5 Å². The number of fused-ring (bicyclic) bond motifs is 2. The molecule has 0 bridgehead atoms. The summed E-state index contributed by atoms with van der Waals surface area (Å²) >= 11 is 0. The number of nitrogens with one attached hydrogen (secondary N) is 2. The molecule has 0 aliphatic carbocycles. The number of imidazole rings is 1. The average Bonchev–Trinajstić information content (AvgIpc) is 3.18. The number of aromatic nitrogens is 4. The van der Waals surface area contributed by atoms with E-state index in [4.69, 9.17) is 9.52 Å². The van der Waals surface area contributed by atoms with Crippen molar-refractivity contribution in [2.24, 2.45) is 0 Å². The number of pyridine rings is 1.